The van der Waals surface area contributed by atoms with Gasteiger partial charge in [0.25, 0.3) is 0 Å². The van der Waals surface area contributed by atoms with E-state index in [-0.39, 0.29) is 10.9 Å². The Balaban J connectivity index is 2.18. The maximum absolute atomic E-state index is 12.1. The summed E-state index contributed by atoms with van der Waals surface area (Å²) in [5, 5.41) is 3.29. The average Bonchev–Trinajstić information content (AvgIpc) is 2.48. The third kappa shape index (κ3) is 3.33. The Morgan fingerprint density at radius 1 is 1.10 bits per heavy atom. The van der Waals surface area contributed by atoms with Crippen LogP contribution >= 0.6 is 39.1 Å². The summed E-state index contributed by atoms with van der Waals surface area (Å²) in [6.07, 6.45) is 0. The number of nitrogens with one attached hydrogen (secondary N) is 1. The normalized spacial score (nSPS) is 12.0. The minimum Gasteiger partial charge on any atom is -0.323 e. The Kier molecular flexibility index (Phi) is 5.05. The first-order valence-corrected chi connectivity index (χ1v) is 7.30. The Hall–Kier alpha value is -1.07. The van der Waals surface area contributed by atoms with E-state index in [0.717, 1.165) is 5.56 Å². The van der Waals surface area contributed by atoms with Gasteiger partial charge in [-0.25, -0.2) is 0 Å². The summed E-state index contributed by atoms with van der Waals surface area (Å²) < 4.78 is 0.662. The highest BCUT2D eigenvalue weighted by atomic mass is 79.9. The van der Waals surface area contributed by atoms with Gasteiger partial charge in [0.2, 0.25) is 5.91 Å². The molecule has 0 unspecified atom stereocenters. The molecule has 0 fully saturated rings. The Bertz CT molecular complexity index is 635. The fourth-order valence-electron chi connectivity index (χ4n) is 1.64. The molecule has 0 saturated heterocycles. The molecule has 2 rings (SSSR count). The summed E-state index contributed by atoms with van der Waals surface area (Å²) in [4.78, 5) is 12.1. The van der Waals surface area contributed by atoms with Gasteiger partial charge >= 0.3 is 0 Å². The van der Waals surface area contributed by atoms with Crippen LogP contribution in [-0.2, 0) is 4.79 Å². The van der Waals surface area contributed by atoms with Crippen molar-refractivity contribution in [3.8, 4) is 0 Å². The number of anilines is 1. The van der Waals surface area contributed by atoms with Gasteiger partial charge < -0.3 is 11.1 Å². The second-order valence-corrected chi connectivity index (χ2v) is 5.71. The smallest absolute Gasteiger partial charge is 0.245 e. The van der Waals surface area contributed by atoms with Crippen LogP contribution in [0.5, 0.6) is 0 Å². The first-order valence-electron chi connectivity index (χ1n) is 5.75. The minimum absolute atomic E-state index is 0.273. The summed E-state index contributed by atoms with van der Waals surface area (Å²) >= 11 is 15.3. The molecule has 104 valence electrons. The van der Waals surface area contributed by atoms with E-state index in [9.17, 15) is 4.79 Å². The molecule has 1 atom stereocenters. The van der Waals surface area contributed by atoms with Gasteiger partial charge in [-0.15, -0.1) is 0 Å². The van der Waals surface area contributed by atoms with Crippen LogP contribution in [0.3, 0.4) is 0 Å². The third-order valence-corrected chi connectivity index (χ3v) is 4.51. The number of halogens is 3. The molecule has 1 amide bonds. The van der Waals surface area contributed by atoms with Crippen molar-refractivity contribution in [3.05, 3.63) is 62.5 Å². The fourth-order valence-corrected chi connectivity index (χ4v) is 2.47. The van der Waals surface area contributed by atoms with Crippen molar-refractivity contribution in [1.82, 2.24) is 0 Å². The first kappa shape index (κ1) is 15.3. The fraction of sp³-hybridized carbons (Fsp3) is 0.0714. The Morgan fingerprint density at radius 3 is 2.40 bits per heavy atom. The van der Waals surface area contributed by atoms with Crippen LogP contribution in [0.4, 0.5) is 5.69 Å². The Labute approximate surface area is 135 Å². The van der Waals surface area contributed by atoms with Crippen molar-refractivity contribution in [2.24, 2.45) is 5.73 Å². The number of amides is 1. The summed E-state index contributed by atoms with van der Waals surface area (Å²) in [6, 6.07) is 11.7. The molecule has 0 aliphatic heterocycles. The second-order valence-electron chi connectivity index (χ2n) is 4.10. The number of carbonyl (C=O) groups is 1. The van der Waals surface area contributed by atoms with Gasteiger partial charge in [-0.1, -0.05) is 53.5 Å². The summed E-state index contributed by atoms with van der Waals surface area (Å²) in [5.41, 5.74) is 7.06. The van der Waals surface area contributed by atoms with E-state index in [1.165, 1.54) is 0 Å². The number of carbonyl (C=O) groups excluding carboxylic acids is 1. The molecule has 0 heterocycles. The van der Waals surface area contributed by atoms with Crippen molar-refractivity contribution >= 4 is 50.7 Å². The molecule has 0 radical (unpaired) electrons. The molecule has 0 spiro atoms. The second kappa shape index (κ2) is 6.59. The van der Waals surface area contributed by atoms with Gasteiger partial charge in [-0.2, -0.15) is 0 Å². The molecule has 6 heteroatoms. The largest absolute Gasteiger partial charge is 0.323 e. The lowest BCUT2D eigenvalue weighted by molar-refractivity contribution is -0.117. The molecule has 2 aromatic carbocycles. The predicted molar refractivity (Wildman–Crippen MR) is 86.2 cm³/mol. The van der Waals surface area contributed by atoms with Crippen molar-refractivity contribution in [2.75, 3.05) is 5.32 Å². The van der Waals surface area contributed by atoms with E-state index in [1.54, 1.807) is 24.3 Å². The van der Waals surface area contributed by atoms with Crippen molar-refractivity contribution < 1.29 is 4.79 Å². The highest BCUT2D eigenvalue weighted by Gasteiger charge is 2.17. The van der Waals surface area contributed by atoms with E-state index >= 15 is 0 Å². The zero-order valence-electron chi connectivity index (χ0n) is 10.2. The average molecular weight is 374 g/mol. The molecule has 20 heavy (non-hydrogen) atoms. The molecule has 0 saturated carbocycles. The molecule has 0 aliphatic rings. The minimum atomic E-state index is -0.769. The lowest BCUT2D eigenvalue weighted by Gasteiger charge is -2.14. The van der Waals surface area contributed by atoms with Gasteiger partial charge in [0, 0.05) is 4.47 Å². The molecule has 3 nitrogen and oxygen atoms in total. The van der Waals surface area contributed by atoms with Crippen LogP contribution in [0.15, 0.2) is 46.9 Å². The molecule has 2 aromatic rings. The van der Waals surface area contributed by atoms with E-state index in [1.807, 2.05) is 18.2 Å². The highest BCUT2D eigenvalue weighted by molar-refractivity contribution is 9.10. The van der Waals surface area contributed by atoms with Gasteiger partial charge in [0.05, 0.1) is 15.7 Å². The summed E-state index contributed by atoms with van der Waals surface area (Å²) in [5.74, 6) is -0.350. The van der Waals surface area contributed by atoms with Gasteiger partial charge in [-0.3, -0.25) is 4.79 Å². The van der Waals surface area contributed by atoms with E-state index < -0.39 is 6.04 Å². The van der Waals surface area contributed by atoms with Crippen LogP contribution in [-0.4, -0.2) is 5.91 Å². The molecular weight excluding hydrogens is 363 g/mol. The van der Waals surface area contributed by atoms with E-state index in [4.69, 9.17) is 28.9 Å². The van der Waals surface area contributed by atoms with Crippen LogP contribution in [0.2, 0.25) is 10.0 Å². The number of hydrogen-bond acceptors (Lipinski definition) is 2. The summed E-state index contributed by atoms with van der Waals surface area (Å²) in [7, 11) is 0. The van der Waals surface area contributed by atoms with Crippen molar-refractivity contribution in [1.29, 1.82) is 0 Å². The third-order valence-electron chi connectivity index (χ3n) is 2.73. The monoisotopic (exact) mass is 372 g/mol. The SMILES string of the molecule is N[C@@H](C(=O)Nc1ccc(Br)c(Cl)c1Cl)c1ccccc1. The van der Waals surface area contributed by atoms with Gasteiger partial charge in [0.15, 0.2) is 0 Å². The first-order chi connectivity index (χ1) is 9.50. The van der Waals surface area contributed by atoms with Crippen LogP contribution in [0.1, 0.15) is 11.6 Å². The molecule has 0 aliphatic carbocycles. The molecule has 0 aromatic heterocycles. The van der Waals surface area contributed by atoms with E-state index in [0.29, 0.717) is 15.2 Å². The zero-order valence-corrected chi connectivity index (χ0v) is 13.3. The summed E-state index contributed by atoms with van der Waals surface area (Å²) in [6.45, 7) is 0. The maximum atomic E-state index is 12.1. The molecular formula is C14H11BrCl2N2O. The topological polar surface area (TPSA) is 55.1 Å². The number of rotatable bonds is 3. The van der Waals surface area contributed by atoms with Crippen molar-refractivity contribution in [3.63, 3.8) is 0 Å². The van der Waals surface area contributed by atoms with E-state index in [2.05, 4.69) is 21.2 Å². The Morgan fingerprint density at radius 2 is 1.75 bits per heavy atom. The van der Waals surface area contributed by atoms with Crippen LogP contribution < -0.4 is 11.1 Å². The predicted octanol–water partition coefficient (Wildman–Crippen LogP) is 4.39. The number of nitrogens with two attached hydrogens (primary N) is 1. The number of hydrogen-bond donors (Lipinski definition) is 2. The molecule has 0 bridgehead atoms. The van der Waals surface area contributed by atoms with Crippen LogP contribution in [0, 0.1) is 0 Å². The standard InChI is InChI=1S/C14H11BrCl2N2O/c15-9-6-7-10(12(17)11(9)16)19-14(20)13(18)8-4-2-1-3-5-8/h1-7,13H,18H2,(H,19,20)/t13-/m1/s1. The zero-order chi connectivity index (χ0) is 14.7. The lowest BCUT2D eigenvalue weighted by Crippen LogP contribution is -2.27. The maximum Gasteiger partial charge on any atom is 0.245 e. The van der Waals surface area contributed by atoms with Crippen molar-refractivity contribution in [2.45, 2.75) is 6.04 Å². The quantitative estimate of drug-likeness (QED) is 0.783. The van der Waals surface area contributed by atoms with Gasteiger partial charge in [0.1, 0.15) is 6.04 Å². The number of benzene rings is 2. The van der Waals surface area contributed by atoms with Crippen LogP contribution in [0.25, 0.3) is 0 Å². The van der Waals surface area contributed by atoms with Gasteiger partial charge in [-0.05, 0) is 33.6 Å². The lowest BCUT2D eigenvalue weighted by atomic mass is 10.1. The molecule has 3 N–H and O–H groups in total. The highest BCUT2D eigenvalue weighted by Crippen LogP contribution is 2.36.